The lowest BCUT2D eigenvalue weighted by atomic mass is 9.82. The quantitative estimate of drug-likeness (QED) is 0.837. The molecule has 2 rings (SSSR count). The van der Waals surface area contributed by atoms with Crippen molar-refractivity contribution in [2.75, 3.05) is 20.1 Å². The van der Waals surface area contributed by atoms with Crippen molar-refractivity contribution >= 4 is 0 Å². The Hall–Kier alpha value is -0.970. The van der Waals surface area contributed by atoms with E-state index in [0.717, 1.165) is 38.6 Å². The maximum absolute atomic E-state index is 10.1. The summed E-state index contributed by atoms with van der Waals surface area (Å²) in [6, 6.07) is 4.72. The molecule has 1 aliphatic rings. The van der Waals surface area contributed by atoms with Crippen LogP contribution in [0.1, 0.15) is 31.2 Å². The van der Waals surface area contributed by atoms with Crippen LogP contribution in [0.5, 0.6) is 0 Å². The summed E-state index contributed by atoms with van der Waals surface area (Å²) in [7, 11) is 2.18. The highest BCUT2D eigenvalue weighted by Crippen LogP contribution is 2.29. The summed E-state index contributed by atoms with van der Waals surface area (Å²) in [4.78, 5) is 6.45. The SMILES string of the molecule is CN(CCc1ccncc1)C1CCC(O)(CN)CC1. The van der Waals surface area contributed by atoms with Gasteiger partial charge in [-0.2, -0.15) is 0 Å². The number of aliphatic hydroxyl groups is 1. The minimum atomic E-state index is -0.609. The van der Waals surface area contributed by atoms with Gasteiger partial charge >= 0.3 is 0 Å². The van der Waals surface area contributed by atoms with Crippen molar-refractivity contribution in [2.45, 2.75) is 43.7 Å². The second-order valence-electron chi connectivity index (χ2n) is 5.75. The molecule has 0 unspecified atom stereocenters. The largest absolute Gasteiger partial charge is 0.389 e. The Morgan fingerprint density at radius 1 is 1.37 bits per heavy atom. The molecular weight excluding hydrogens is 238 g/mol. The van der Waals surface area contributed by atoms with Gasteiger partial charge in [0.1, 0.15) is 0 Å². The van der Waals surface area contributed by atoms with Crippen LogP contribution in [-0.2, 0) is 6.42 Å². The summed E-state index contributed by atoms with van der Waals surface area (Å²) < 4.78 is 0. The Kier molecular flexibility index (Phi) is 4.91. The fourth-order valence-electron chi connectivity index (χ4n) is 2.82. The summed E-state index contributed by atoms with van der Waals surface area (Å²) in [5.74, 6) is 0. The highest BCUT2D eigenvalue weighted by molar-refractivity contribution is 5.10. The van der Waals surface area contributed by atoms with Crippen LogP contribution in [-0.4, -0.2) is 46.8 Å². The number of aromatic nitrogens is 1. The molecular formula is C15H25N3O. The molecule has 0 radical (unpaired) electrons. The summed E-state index contributed by atoms with van der Waals surface area (Å²) >= 11 is 0. The number of rotatable bonds is 5. The van der Waals surface area contributed by atoms with Gasteiger partial charge in [-0.25, -0.2) is 0 Å². The minimum absolute atomic E-state index is 0.389. The number of likely N-dealkylation sites (N-methyl/N-ethyl adjacent to an activating group) is 1. The van der Waals surface area contributed by atoms with Crippen molar-refractivity contribution in [3.8, 4) is 0 Å². The van der Waals surface area contributed by atoms with Gasteiger partial charge in [0.25, 0.3) is 0 Å². The maximum Gasteiger partial charge on any atom is 0.0770 e. The van der Waals surface area contributed by atoms with E-state index in [1.165, 1.54) is 5.56 Å². The molecule has 1 aliphatic carbocycles. The lowest BCUT2D eigenvalue weighted by Crippen LogP contribution is -2.46. The molecule has 1 aromatic rings. The van der Waals surface area contributed by atoms with Crippen LogP contribution < -0.4 is 5.73 Å². The van der Waals surface area contributed by atoms with Gasteiger partial charge in [0.2, 0.25) is 0 Å². The summed E-state index contributed by atoms with van der Waals surface area (Å²) in [5, 5.41) is 10.1. The van der Waals surface area contributed by atoms with Gasteiger partial charge in [0.05, 0.1) is 5.60 Å². The first-order valence-corrected chi connectivity index (χ1v) is 7.14. The molecule has 1 aromatic heterocycles. The van der Waals surface area contributed by atoms with E-state index in [4.69, 9.17) is 5.73 Å². The average molecular weight is 263 g/mol. The number of hydrogen-bond acceptors (Lipinski definition) is 4. The van der Waals surface area contributed by atoms with Gasteiger partial charge in [-0.3, -0.25) is 4.98 Å². The van der Waals surface area contributed by atoms with Gasteiger partial charge in [-0.1, -0.05) is 0 Å². The van der Waals surface area contributed by atoms with Gasteiger partial charge < -0.3 is 15.7 Å². The third kappa shape index (κ3) is 4.00. The smallest absolute Gasteiger partial charge is 0.0770 e. The van der Waals surface area contributed by atoms with Crippen molar-refractivity contribution < 1.29 is 5.11 Å². The van der Waals surface area contributed by atoms with Crippen molar-refractivity contribution in [3.63, 3.8) is 0 Å². The van der Waals surface area contributed by atoms with Crippen LogP contribution in [0.15, 0.2) is 24.5 Å². The van der Waals surface area contributed by atoms with Crippen molar-refractivity contribution in [1.82, 2.24) is 9.88 Å². The summed E-state index contributed by atoms with van der Waals surface area (Å²) in [6.45, 7) is 1.44. The Morgan fingerprint density at radius 3 is 2.58 bits per heavy atom. The molecule has 0 amide bonds. The zero-order valence-corrected chi connectivity index (χ0v) is 11.8. The average Bonchev–Trinajstić information content (AvgIpc) is 2.47. The second kappa shape index (κ2) is 6.46. The highest BCUT2D eigenvalue weighted by atomic mass is 16.3. The lowest BCUT2D eigenvalue weighted by molar-refractivity contribution is -0.00922. The van der Waals surface area contributed by atoms with Crippen molar-refractivity contribution in [1.29, 1.82) is 0 Å². The van der Waals surface area contributed by atoms with Gasteiger partial charge in [-0.05, 0) is 56.8 Å². The molecule has 1 saturated carbocycles. The summed E-state index contributed by atoms with van der Waals surface area (Å²) in [5.41, 5.74) is 6.35. The third-order valence-corrected chi connectivity index (χ3v) is 4.39. The Bertz CT molecular complexity index is 374. The van der Waals surface area contributed by atoms with E-state index in [9.17, 15) is 5.11 Å². The molecule has 0 saturated heterocycles. The zero-order valence-electron chi connectivity index (χ0n) is 11.8. The van der Waals surface area contributed by atoms with Crippen LogP contribution in [0.3, 0.4) is 0 Å². The highest BCUT2D eigenvalue weighted by Gasteiger charge is 2.33. The Labute approximate surface area is 115 Å². The first-order valence-electron chi connectivity index (χ1n) is 7.14. The summed E-state index contributed by atoms with van der Waals surface area (Å²) in [6.07, 6.45) is 8.48. The monoisotopic (exact) mass is 263 g/mol. The number of hydrogen-bond donors (Lipinski definition) is 2. The first kappa shape index (κ1) is 14.4. The fourth-order valence-corrected chi connectivity index (χ4v) is 2.82. The molecule has 3 N–H and O–H groups in total. The molecule has 1 fully saturated rings. The van der Waals surface area contributed by atoms with E-state index in [-0.39, 0.29) is 0 Å². The van der Waals surface area contributed by atoms with Crippen molar-refractivity contribution in [2.24, 2.45) is 5.73 Å². The maximum atomic E-state index is 10.1. The molecule has 0 atom stereocenters. The molecule has 0 aliphatic heterocycles. The molecule has 19 heavy (non-hydrogen) atoms. The van der Waals surface area contributed by atoms with E-state index in [1.54, 1.807) is 0 Å². The van der Waals surface area contributed by atoms with Gasteiger partial charge in [-0.15, -0.1) is 0 Å². The van der Waals surface area contributed by atoms with Crippen LogP contribution in [0.25, 0.3) is 0 Å². The molecule has 0 spiro atoms. The number of nitrogens with zero attached hydrogens (tertiary/aromatic N) is 2. The topological polar surface area (TPSA) is 62.4 Å². The number of nitrogens with two attached hydrogens (primary N) is 1. The van der Waals surface area contributed by atoms with E-state index in [1.807, 2.05) is 12.4 Å². The Balaban J connectivity index is 1.77. The van der Waals surface area contributed by atoms with Gasteiger partial charge in [0.15, 0.2) is 0 Å². The number of pyridine rings is 1. The van der Waals surface area contributed by atoms with Crippen LogP contribution in [0, 0.1) is 0 Å². The molecule has 0 aromatic carbocycles. The predicted octanol–water partition coefficient (Wildman–Crippen LogP) is 1.19. The molecule has 106 valence electrons. The third-order valence-electron chi connectivity index (χ3n) is 4.39. The zero-order chi connectivity index (χ0) is 13.7. The molecule has 1 heterocycles. The van der Waals surface area contributed by atoms with Crippen LogP contribution in [0.2, 0.25) is 0 Å². The molecule has 4 heteroatoms. The van der Waals surface area contributed by atoms with Gasteiger partial charge in [0, 0.05) is 31.5 Å². The van der Waals surface area contributed by atoms with E-state index < -0.39 is 5.60 Å². The van der Waals surface area contributed by atoms with E-state index in [2.05, 4.69) is 29.1 Å². The normalized spacial score (nSPS) is 27.7. The van der Waals surface area contributed by atoms with Crippen LogP contribution >= 0.6 is 0 Å². The second-order valence-corrected chi connectivity index (χ2v) is 5.75. The molecule has 0 bridgehead atoms. The molecule has 4 nitrogen and oxygen atoms in total. The predicted molar refractivity (Wildman–Crippen MR) is 76.8 cm³/mol. The van der Waals surface area contributed by atoms with E-state index >= 15 is 0 Å². The standard InChI is InChI=1S/C15H25N3O/c1-18(11-6-13-4-9-17-10-5-13)14-2-7-15(19,12-16)8-3-14/h4-5,9-10,14,19H,2-3,6-8,11-12,16H2,1H3. The lowest BCUT2D eigenvalue weighted by Gasteiger charge is -2.39. The fraction of sp³-hybridized carbons (Fsp3) is 0.667. The van der Waals surface area contributed by atoms with E-state index in [0.29, 0.717) is 12.6 Å². The van der Waals surface area contributed by atoms with Crippen molar-refractivity contribution in [3.05, 3.63) is 30.1 Å². The first-order chi connectivity index (χ1) is 9.13. The van der Waals surface area contributed by atoms with Crippen LogP contribution in [0.4, 0.5) is 0 Å². The minimum Gasteiger partial charge on any atom is -0.389 e. The Morgan fingerprint density at radius 2 is 2.00 bits per heavy atom.